The molecule has 0 aliphatic heterocycles. The van der Waals surface area contributed by atoms with Gasteiger partial charge < -0.3 is 9.88 Å². The van der Waals surface area contributed by atoms with Crippen molar-refractivity contribution in [1.29, 1.82) is 5.26 Å². The van der Waals surface area contributed by atoms with Crippen LogP contribution in [0.2, 0.25) is 0 Å². The van der Waals surface area contributed by atoms with Crippen molar-refractivity contribution in [1.82, 2.24) is 9.97 Å². The second-order valence-electron chi connectivity index (χ2n) is 4.47. The highest BCUT2D eigenvalue weighted by atomic mass is 16.1. The lowest BCUT2D eigenvalue weighted by Crippen LogP contribution is -2.31. The molecular weight excluding hydrogens is 216 g/mol. The molecule has 0 aliphatic rings. The molecule has 17 heavy (non-hydrogen) atoms. The lowest BCUT2D eigenvalue weighted by Gasteiger charge is -2.24. The molecular formula is C12H18N4O. The van der Waals surface area contributed by atoms with Gasteiger partial charge in [0.05, 0.1) is 12.5 Å². The third kappa shape index (κ3) is 3.31. The van der Waals surface area contributed by atoms with Gasteiger partial charge in [0, 0.05) is 25.1 Å². The number of nitrogens with zero attached hydrogens (tertiary/aromatic N) is 3. The summed E-state index contributed by atoms with van der Waals surface area (Å²) in [5, 5.41) is 8.66. The summed E-state index contributed by atoms with van der Waals surface area (Å²) in [5.74, 6) is 1.45. The molecule has 5 heteroatoms. The quantitative estimate of drug-likeness (QED) is 0.859. The van der Waals surface area contributed by atoms with Gasteiger partial charge in [0.2, 0.25) is 0 Å². The number of nitriles is 1. The molecule has 92 valence electrons. The highest BCUT2D eigenvalue weighted by Crippen LogP contribution is 2.14. The third-order valence-electron chi connectivity index (χ3n) is 2.70. The Labute approximate surface area is 101 Å². The van der Waals surface area contributed by atoms with Crippen molar-refractivity contribution in [3.8, 4) is 6.07 Å². The Bertz CT molecular complexity index is 472. The van der Waals surface area contributed by atoms with Crippen molar-refractivity contribution in [3.63, 3.8) is 0 Å². The number of rotatable bonds is 4. The van der Waals surface area contributed by atoms with Gasteiger partial charge in [0.1, 0.15) is 11.6 Å². The number of aromatic nitrogens is 2. The molecule has 1 aromatic rings. The maximum atomic E-state index is 11.5. The first-order valence-corrected chi connectivity index (χ1v) is 5.66. The molecule has 1 aromatic heterocycles. The molecule has 0 spiro atoms. The van der Waals surface area contributed by atoms with Crippen LogP contribution in [0.1, 0.15) is 38.9 Å². The van der Waals surface area contributed by atoms with Crippen LogP contribution >= 0.6 is 0 Å². The fraction of sp³-hybridized carbons (Fsp3) is 0.583. The minimum absolute atomic E-state index is 0.0364. The van der Waals surface area contributed by atoms with E-state index in [0.29, 0.717) is 18.1 Å². The third-order valence-corrected chi connectivity index (χ3v) is 2.70. The average Bonchev–Trinajstić information content (AvgIpc) is 2.27. The van der Waals surface area contributed by atoms with E-state index in [0.717, 1.165) is 0 Å². The van der Waals surface area contributed by atoms with Gasteiger partial charge in [-0.3, -0.25) is 4.79 Å². The Morgan fingerprint density at radius 3 is 2.71 bits per heavy atom. The first-order chi connectivity index (χ1) is 7.95. The predicted octanol–water partition coefficient (Wildman–Crippen LogP) is 1.63. The topological polar surface area (TPSA) is 72.8 Å². The SMILES string of the molecule is CC(C)c1nc(N(C)C(C)CC#N)cc(=O)[nH]1. The van der Waals surface area contributed by atoms with Gasteiger partial charge in [-0.1, -0.05) is 13.8 Å². The van der Waals surface area contributed by atoms with E-state index in [2.05, 4.69) is 16.0 Å². The summed E-state index contributed by atoms with van der Waals surface area (Å²) in [7, 11) is 1.84. The van der Waals surface area contributed by atoms with E-state index in [9.17, 15) is 4.79 Å². The molecule has 0 amide bonds. The highest BCUT2D eigenvalue weighted by molar-refractivity contribution is 5.38. The van der Waals surface area contributed by atoms with Crippen molar-refractivity contribution in [2.45, 2.75) is 39.2 Å². The van der Waals surface area contributed by atoms with Gasteiger partial charge in [-0.15, -0.1) is 0 Å². The van der Waals surface area contributed by atoms with Crippen LogP contribution in [0.5, 0.6) is 0 Å². The summed E-state index contributed by atoms with van der Waals surface area (Å²) in [6, 6.07) is 3.61. The standard InChI is InChI=1S/C12H18N4O/c1-8(2)12-14-10(7-11(17)15-12)16(4)9(3)5-6-13/h7-9H,5H2,1-4H3,(H,14,15,17). The molecule has 1 heterocycles. The molecule has 0 fully saturated rings. The summed E-state index contributed by atoms with van der Waals surface area (Å²) in [4.78, 5) is 20.5. The van der Waals surface area contributed by atoms with E-state index in [1.54, 1.807) is 0 Å². The lowest BCUT2D eigenvalue weighted by atomic mass is 10.2. The molecule has 1 rings (SSSR count). The van der Waals surface area contributed by atoms with Crippen LogP contribution in [0.25, 0.3) is 0 Å². The largest absolute Gasteiger partial charge is 0.356 e. The van der Waals surface area contributed by atoms with Crippen molar-refractivity contribution in [2.75, 3.05) is 11.9 Å². The lowest BCUT2D eigenvalue weighted by molar-refractivity contribution is 0.680. The normalized spacial score (nSPS) is 12.2. The monoisotopic (exact) mass is 234 g/mol. The summed E-state index contributed by atoms with van der Waals surface area (Å²) in [5.41, 5.74) is -0.158. The molecule has 1 unspecified atom stereocenters. The average molecular weight is 234 g/mol. The number of hydrogen-bond donors (Lipinski definition) is 1. The van der Waals surface area contributed by atoms with Gasteiger partial charge in [-0.25, -0.2) is 4.98 Å². The van der Waals surface area contributed by atoms with Gasteiger partial charge in [0.15, 0.2) is 0 Å². The smallest absolute Gasteiger partial charge is 0.252 e. The van der Waals surface area contributed by atoms with Crippen molar-refractivity contribution in [3.05, 3.63) is 22.2 Å². The number of aromatic amines is 1. The Balaban J connectivity index is 3.06. The van der Waals surface area contributed by atoms with Crippen LogP contribution in [0.15, 0.2) is 10.9 Å². The second kappa shape index (κ2) is 5.48. The van der Waals surface area contributed by atoms with Crippen LogP contribution in [-0.2, 0) is 0 Å². The first kappa shape index (κ1) is 13.2. The van der Waals surface area contributed by atoms with Gasteiger partial charge in [-0.2, -0.15) is 5.26 Å². The number of anilines is 1. The van der Waals surface area contributed by atoms with Crippen LogP contribution < -0.4 is 10.5 Å². The fourth-order valence-electron chi connectivity index (χ4n) is 1.41. The maximum absolute atomic E-state index is 11.5. The first-order valence-electron chi connectivity index (χ1n) is 5.66. The van der Waals surface area contributed by atoms with E-state index < -0.39 is 0 Å². The van der Waals surface area contributed by atoms with Crippen LogP contribution in [0.4, 0.5) is 5.82 Å². The van der Waals surface area contributed by atoms with E-state index in [1.807, 2.05) is 32.7 Å². The Morgan fingerprint density at radius 2 is 2.18 bits per heavy atom. The van der Waals surface area contributed by atoms with Gasteiger partial charge >= 0.3 is 0 Å². The number of hydrogen-bond acceptors (Lipinski definition) is 4. The maximum Gasteiger partial charge on any atom is 0.252 e. The molecule has 1 atom stereocenters. The van der Waals surface area contributed by atoms with Crippen molar-refractivity contribution in [2.24, 2.45) is 0 Å². The molecule has 0 bridgehead atoms. The Morgan fingerprint density at radius 1 is 1.53 bits per heavy atom. The van der Waals surface area contributed by atoms with Gasteiger partial charge in [-0.05, 0) is 6.92 Å². The molecule has 0 aliphatic carbocycles. The summed E-state index contributed by atoms with van der Waals surface area (Å²) in [6.45, 7) is 5.88. The Hall–Kier alpha value is -1.83. The summed E-state index contributed by atoms with van der Waals surface area (Å²) in [6.07, 6.45) is 0.405. The van der Waals surface area contributed by atoms with Crippen LogP contribution in [0, 0.1) is 11.3 Å². The van der Waals surface area contributed by atoms with Crippen LogP contribution in [-0.4, -0.2) is 23.1 Å². The Kier molecular flexibility index (Phi) is 4.27. The fourth-order valence-corrected chi connectivity index (χ4v) is 1.41. The minimum atomic E-state index is -0.158. The summed E-state index contributed by atoms with van der Waals surface area (Å²) >= 11 is 0. The zero-order chi connectivity index (χ0) is 13.0. The zero-order valence-electron chi connectivity index (χ0n) is 10.7. The predicted molar refractivity (Wildman–Crippen MR) is 67.0 cm³/mol. The van der Waals surface area contributed by atoms with Gasteiger partial charge in [0.25, 0.3) is 5.56 Å². The summed E-state index contributed by atoms with van der Waals surface area (Å²) < 4.78 is 0. The van der Waals surface area contributed by atoms with E-state index >= 15 is 0 Å². The molecule has 0 saturated carbocycles. The number of H-pyrrole nitrogens is 1. The van der Waals surface area contributed by atoms with Crippen molar-refractivity contribution < 1.29 is 0 Å². The van der Waals surface area contributed by atoms with E-state index in [-0.39, 0.29) is 17.5 Å². The molecule has 0 aromatic carbocycles. The highest BCUT2D eigenvalue weighted by Gasteiger charge is 2.13. The zero-order valence-corrected chi connectivity index (χ0v) is 10.7. The minimum Gasteiger partial charge on any atom is -0.356 e. The van der Waals surface area contributed by atoms with E-state index in [1.165, 1.54) is 6.07 Å². The molecule has 1 N–H and O–H groups in total. The second-order valence-corrected chi connectivity index (χ2v) is 4.47. The molecule has 5 nitrogen and oxygen atoms in total. The number of nitrogens with one attached hydrogen (secondary N) is 1. The van der Waals surface area contributed by atoms with Crippen molar-refractivity contribution >= 4 is 5.82 Å². The van der Waals surface area contributed by atoms with Crippen LogP contribution in [0.3, 0.4) is 0 Å². The van der Waals surface area contributed by atoms with E-state index in [4.69, 9.17) is 5.26 Å². The molecule has 0 saturated heterocycles. The molecule has 0 radical (unpaired) electrons.